The first-order valence-electron chi connectivity index (χ1n) is 7.72. The first kappa shape index (κ1) is 15.8. The molecule has 1 heterocycles. The monoisotopic (exact) mass is 294 g/mol. The Labute approximate surface area is 125 Å². The molecule has 6 nitrogen and oxygen atoms in total. The summed E-state index contributed by atoms with van der Waals surface area (Å²) in [7, 11) is 0. The highest BCUT2D eigenvalue weighted by molar-refractivity contribution is 5.97. The molecule has 1 saturated carbocycles. The molecular formula is C15H26N4O2. The van der Waals surface area contributed by atoms with Crippen molar-refractivity contribution in [3.8, 4) is 0 Å². The fourth-order valence-electron chi connectivity index (χ4n) is 3.02. The van der Waals surface area contributed by atoms with E-state index in [1.165, 1.54) is 6.42 Å². The molecule has 0 aliphatic heterocycles. The average molecular weight is 294 g/mol. The quantitative estimate of drug-likeness (QED) is 0.664. The van der Waals surface area contributed by atoms with Crippen molar-refractivity contribution in [1.82, 2.24) is 15.5 Å². The number of hydrogen-bond acceptors (Lipinski definition) is 4. The van der Waals surface area contributed by atoms with Crippen molar-refractivity contribution in [1.29, 1.82) is 0 Å². The lowest BCUT2D eigenvalue weighted by Crippen LogP contribution is -2.41. The van der Waals surface area contributed by atoms with E-state index < -0.39 is 0 Å². The van der Waals surface area contributed by atoms with Crippen LogP contribution in [0.15, 0.2) is 0 Å². The lowest BCUT2D eigenvalue weighted by Gasteiger charge is -2.35. The third kappa shape index (κ3) is 3.37. The van der Waals surface area contributed by atoms with Gasteiger partial charge in [-0.2, -0.15) is 5.10 Å². The SMILES string of the molecule is CC(C)c1[nH]nc(C(=O)NCC2(CO)CCCCC2)c1N. The summed E-state index contributed by atoms with van der Waals surface area (Å²) in [6.45, 7) is 4.58. The summed E-state index contributed by atoms with van der Waals surface area (Å²) in [6.07, 6.45) is 5.34. The zero-order chi connectivity index (χ0) is 15.5. The summed E-state index contributed by atoms with van der Waals surface area (Å²) in [6, 6.07) is 0. The van der Waals surface area contributed by atoms with Crippen LogP contribution in [0.5, 0.6) is 0 Å². The fraction of sp³-hybridized carbons (Fsp3) is 0.733. The second-order valence-electron chi connectivity index (χ2n) is 6.46. The largest absolute Gasteiger partial charge is 0.396 e. The molecule has 0 saturated heterocycles. The molecule has 1 aliphatic carbocycles. The van der Waals surface area contributed by atoms with Crippen LogP contribution in [0.4, 0.5) is 5.69 Å². The van der Waals surface area contributed by atoms with Crippen LogP contribution in [-0.4, -0.2) is 34.4 Å². The van der Waals surface area contributed by atoms with Gasteiger partial charge in [0.05, 0.1) is 18.0 Å². The van der Waals surface area contributed by atoms with E-state index in [0.29, 0.717) is 12.2 Å². The van der Waals surface area contributed by atoms with E-state index in [0.717, 1.165) is 31.4 Å². The topological polar surface area (TPSA) is 104 Å². The van der Waals surface area contributed by atoms with Crippen molar-refractivity contribution in [2.24, 2.45) is 5.41 Å². The van der Waals surface area contributed by atoms with Gasteiger partial charge in [0.2, 0.25) is 0 Å². The van der Waals surface area contributed by atoms with E-state index in [-0.39, 0.29) is 29.5 Å². The van der Waals surface area contributed by atoms with E-state index in [1.54, 1.807) is 0 Å². The summed E-state index contributed by atoms with van der Waals surface area (Å²) in [5.41, 5.74) is 7.25. The van der Waals surface area contributed by atoms with Gasteiger partial charge < -0.3 is 16.2 Å². The predicted octanol–water partition coefficient (Wildman–Crippen LogP) is 1.79. The minimum absolute atomic E-state index is 0.112. The van der Waals surface area contributed by atoms with E-state index >= 15 is 0 Å². The van der Waals surface area contributed by atoms with E-state index in [4.69, 9.17) is 5.73 Å². The summed E-state index contributed by atoms with van der Waals surface area (Å²) >= 11 is 0. The third-order valence-corrected chi connectivity index (χ3v) is 4.50. The highest BCUT2D eigenvalue weighted by Crippen LogP contribution is 2.35. The van der Waals surface area contributed by atoms with Crippen LogP contribution in [0.2, 0.25) is 0 Å². The lowest BCUT2D eigenvalue weighted by molar-refractivity contribution is 0.0716. The number of aromatic nitrogens is 2. The summed E-state index contributed by atoms with van der Waals surface area (Å²) in [5, 5.41) is 19.4. The summed E-state index contributed by atoms with van der Waals surface area (Å²) < 4.78 is 0. The van der Waals surface area contributed by atoms with Crippen molar-refractivity contribution in [3.63, 3.8) is 0 Å². The lowest BCUT2D eigenvalue weighted by atomic mass is 9.74. The normalized spacial score (nSPS) is 17.9. The Morgan fingerprint density at radius 3 is 2.62 bits per heavy atom. The number of amides is 1. The van der Waals surface area contributed by atoms with Crippen LogP contribution in [0.1, 0.15) is 68.1 Å². The van der Waals surface area contributed by atoms with Gasteiger partial charge in [-0.15, -0.1) is 0 Å². The second kappa shape index (κ2) is 6.47. The molecule has 1 aromatic rings. The smallest absolute Gasteiger partial charge is 0.273 e. The maximum absolute atomic E-state index is 12.2. The van der Waals surface area contributed by atoms with Crippen molar-refractivity contribution >= 4 is 11.6 Å². The third-order valence-electron chi connectivity index (χ3n) is 4.50. The van der Waals surface area contributed by atoms with Crippen molar-refractivity contribution in [3.05, 3.63) is 11.4 Å². The first-order chi connectivity index (χ1) is 9.99. The van der Waals surface area contributed by atoms with Crippen molar-refractivity contribution in [2.45, 2.75) is 51.9 Å². The molecule has 2 rings (SSSR count). The minimum Gasteiger partial charge on any atom is -0.396 e. The average Bonchev–Trinajstić information content (AvgIpc) is 2.88. The number of carbonyl (C=O) groups is 1. The highest BCUT2D eigenvalue weighted by Gasteiger charge is 2.32. The number of anilines is 1. The predicted molar refractivity (Wildman–Crippen MR) is 82.0 cm³/mol. The van der Waals surface area contributed by atoms with Gasteiger partial charge in [0.1, 0.15) is 0 Å². The maximum Gasteiger partial charge on any atom is 0.273 e. The van der Waals surface area contributed by atoms with Crippen LogP contribution in [0, 0.1) is 5.41 Å². The Hall–Kier alpha value is -1.56. The van der Waals surface area contributed by atoms with Crippen LogP contribution in [-0.2, 0) is 0 Å². The van der Waals surface area contributed by atoms with Gasteiger partial charge in [0, 0.05) is 12.0 Å². The maximum atomic E-state index is 12.2. The Morgan fingerprint density at radius 2 is 2.10 bits per heavy atom. The molecule has 1 aromatic heterocycles. The van der Waals surface area contributed by atoms with Crippen LogP contribution < -0.4 is 11.1 Å². The number of nitrogen functional groups attached to an aromatic ring is 1. The molecule has 0 atom stereocenters. The second-order valence-corrected chi connectivity index (χ2v) is 6.46. The van der Waals surface area contributed by atoms with Gasteiger partial charge in [0.15, 0.2) is 5.69 Å². The zero-order valence-corrected chi connectivity index (χ0v) is 12.9. The number of nitrogens with zero attached hydrogens (tertiary/aromatic N) is 1. The molecule has 0 radical (unpaired) electrons. The number of nitrogens with one attached hydrogen (secondary N) is 2. The molecule has 0 aromatic carbocycles. The van der Waals surface area contributed by atoms with Gasteiger partial charge in [-0.25, -0.2) is 0 Å². The molecule has 1 aliphatic rings. The van der Waals surface area contributed by atoms with E-state index in [1.807, 2.05) is 13.8 Å². The molecular weight excluding hydrogens is 268 g/mol. The molecule has 1 fully saturated rings. The molecule has 6 heteroatoms. The number of carbonyl (C=O) groups excluding carboxylic acids is 1. The van der Waals surface area contributed by atoms with Gasteiger partial charge in [0.25, 0.3) is 5.91 Å². The molecule has 1 amide bonds. The van der Waals surface area contributed by atoms with Crippen LogP contribution >= 0.6 is 0 Å². The molecule has 0 spiro atoms. The number of aliphatic hydroxyl groups excluding tert-OH is 1. The number of nitrogens with two attached hydrogens (primary N) is 1. The van der Waals surface area contributed by atoms with Gasteiger partial charge in [-0.05, 0) is 18.8 Å². The van der Waals surface area contributed by atoms with E-state index in [2.05, 4.69) is 15.5 Å². The number of hydrogen-bond donors (Lipinski definition) is 4. The number of aromatic amines is 1. The fourth-order valence-corrected chi connectivity index (χ4v) is 3.02. The number of rotatable bonds is 5. The molecule has 0 unspecified atom stereocenters. The highest BCUT2D eigenvalue weighted by atomic mass is 16.3. The van der Waals surface area contributed by atoms with Crippen LogP contribution in [0.3, 0.4) is 0 Å². The molecule has 0 bridgehead atoms. The van der Waals surface area contributed by atoms with Gasteiger partial charge >= 0.3 is 0 Å². The van der Waals surface area contributed by atoms with Gasteiger partial charge in [-0.3, -0.25) is 9.89 Å². The van der Waals surface area contributed by atoms with Crippen molar-refractivity contribution in [2.75, 3.05) is 18.9 Å². The summed E-state index contributed by atoms with van der Waals surface area (Å²) in [5.74, 6) is -0.0739. The first-order valence-corrected chi connectivity index (χ1v) is 7.72. The van der Waals surface area contributed by atoms with Gasteiger partial charge in [-0.1, -0.05) is 33.1 Å². The Morgan fingerprint density at radius 1 is 1.43 bits per heavy atom. The molecule has 5 N–H and O–H groups in total. The Balaban J connectivity index is 2.01. The van der Waals surface area contributed by atoms with E-state index in [9.17, 15) is 9.90 Å². The minimum atomic E-state index is -0.269. The number of aliphatic hydroxyl groups is 1. The van der Waals surface area contributed by atoms with Crippen LogP contribution in [0.25, 0.3) is 0 Å². The Kier molecular flexibility index (Phi) is 4.88. The van der Waals surface area contributed by atoms with Crippen molar-refractivity contribution < 1.29 is 9.90 Å². The summed E-state index contributed by atoms with van der Waals surface area (Å²) in [4.78, 5) is 12.2. The molecule has 118 valence electrons. The number of H-pyrrole nitrogens is 1. The standard InChI is InChI=1S/C15H26N4O2/c1-10(2)12-11(16)13(19-18-12)14(21)17-8-15(9-20)6-4-3-5-7-15/h10,20H,3-9,16H2,1-2H3,(H,17,21)(H,18,19). The molecule has 21 heavy (non-hydrogen) atoms. The Bertz CT molecular complexity index is 490. The zero-order valence-electron chi connectivity index (χ0n) is 12.9.